The summed E-state index contributed by atoms with van der Waals surface area (Å²) in [5.41, 5.74) is 2.26. The van der Waals surface area contributed by atoms with Crippen molar-refractivity contribution in [2.75, 3.05) is 0 Å². The molecule has 0 fully saturated rings. The summed E-state index contributed by atoms with van der Waals surface area (Å²) < 4.78 is 0. The highest BCUT2D eigenvalue weighted by atomic mass is 16.4. The molecule has 0 heterocycles. The first-order valence-corrected chi connectivity index (χ1v) is 11.6. The van der Waals surface area contributed by atoms with Crippen LogP contribution in [0.1, 0.15) is 31.8 Å². The number of carbonyl (C=O) groups is 3. The first kappa shape index (κ1) is 23.0. The summed E-state index contributed by atoms with van der Waals surface area (Å²) in [6.07, 6.45) is 0.0869. The van der Waals surface area contributed by atoms with Crippen molar-refractivity contribution in [1.29, 1.82) is 0 Å². The molecule has 0 bridgehead atoms. The number of benzene rings is 5. The molecule has 5 rings (SSSR count). The van der Waals surface area contributed by atoms with Crippen molar-refractivity contribution in [2.45, 2.75) is 12.5 Å². The van der Waals surface area contributed by atoms with Crippen molar-refractivity contribution in [3.05, 3.63) is 131 Å². The molecule has 2 N–H and O–H groups in total. The largest absolute Gasteiger partial charge is 0.480 e. The molecule has 36 heavy (non-hydrogen) atoms. The highest BCUT2D eigenvalue weighted by Gasteiger charge is 2.24. The van der Waals surface area contributed by atoms with E-state index in [4.69, 9.17) is 0 Å². The molecule has 0 saturated carbocycles. The average molecular weight is 474 g/mol. The molecule has 0 unspecified atom stereocenters. The van der Waals surface area contributed by atoms with E-state index in [-0.39, 0.29) is 12.2 Å². The monoisotopic (exact) mass is 473 g/mol. The van der Waals surface area contributed by atoms with Crippen molar-refractivity contribution in [3.8, 4) is 0 Å². The van der Waals surface area contributed by atoms with Crippen LogP contribution >= 0.6 is 0 Å². The Morgan fingerprint density at radius 2 is 1.19 bits per heavy atom. The van der Waals surface area contributed by atoms with Crippen molar-refractivity contribution in [1.82, 2.24) is 5.32 Å². The molecule has 1 atom stereocenters. The van der Waals surface area contributed by atoms with Gasteiger partial charge in [-0.25, -0.2) is 4.79 Å². The summed E-state index contributed by atoms with van der Waals surface area (Å²) in [7, 11) is 0. The Morgan fingerprint density at radius 3 is 1.78 bits per heavy atom. The fourth-order valence-electron chi connectivity index (χ4n) is 4.47. The fourth-order valence-corrected chi connectivity index (χ4v) is 4.47. The minimum Gasteiger partial charge on any atom is -0.480 e. The highest BCUT2D eigenvalue weighted by Crippen LogP contribution is 2.28. The van der Waals surface area contributed by atoms with E-state index in [2.05, 4.69) is 5.32 Å². The minimum atomic E-state index is -1.13. The first-order chi connectivity index (χ1) is 17.5. The molecule has 0 aliphatic heterocycles. The number of rotatable bonds is 7. The quantitative estimate of drug-likeness (QED) is 0.236. The molecule has 5 heteroatoms. The molecule has 0 spiro atoms. The van der Waals surface area contributed by atoms with Gasteiger partial charge in [0.2, 0.25) is 0 Å². The number of nitrogens with one attached hydrogen (secondary N) is 1. The van der Waals surface area contributed by atoms with Crippen LogP contribution in [0.5, 0.6) is 0 Å². The van der Waals surface area contributed by atoms with Crippen molar-refractivity contribution < 1.29 is 19.5 Å². The second-order valence-electron chi connectivity index (χ2n) is 8.65. The molecular formula is C31H23NO4. The number of aliphatic carboxylic acids is 1. The molecule has 0 radical (unpaired) electrons. The number of amides is 1. The SMILES string of the molecule is O=C(c1ccccc1)c1ccc(C[C@@H](NC(=O)c2c3ccccc3cc3ccccc23)C(=O)O)cc1. The van der Waals surface area contributed by atoms with Crippen LogP contribution in [0, 0.1) is 0 Å². The molecule has 5 nitrogen and oxygen atoms in total. The second kappa shape index (κ2) is 9.84. The molecule has 0 aliphatic carbocycles. The number of hydrogen-bond donors (Lipinski definition) is 2. The van der Waals surface area contributed by atoms with Crippen LogP contribution in [0.2, 0.25) is 0 Å². The van der Waals surface area contributed by atoms with E-state index in [1.165, 1.54) is 0 Å². The van der Waals surface area contributed by atoms with Crippen LogP contribution in [-0.2, 0) is 11.2 Å². The van der Waals surface area contributed by atoms with Crippen LogP contribution in [0.25, 0.3) is 21.5 Å². The molecule has 1 amide bonds. The third-order valence-electron chi connectivity index (χ3n) is 6.29. The number of fused-ring (bicyclic) bond motifs is 2. The molecular weight excluding hydrogens is 450 g/mol. The number of carboxylic acid groups (broad SMARTS) is 1. The van der Waals surface area contributed by atoms with Gasteiger partial charge in [-0.2, -0.15) is 0 Å². The van der Waals surface area contributed by atoms with E-state index in [1.807, 2.05) is 60.7 Å². The number of carbonyl (C=O) groups excluding carboxylic acids is 2. The van der Waals surface area contributed by atoms with Crippen molar-refractivity contribution >= 4 is 39.2 Å². The van der Waals surface area contributed by atoms with Gasteiger partial charge in [-0.05, 0) is 33.2 Å². The Morgan fingerprint density at radius 1 is 0.667 bits per heavy atom. The topological polar surface area (TPSA) is 83.5 Å². The summed E-state index contributed by atoms with van der Waals surface area (Å²) in [4.78, 5) is 38.2. The maximum absolute atomic E-state index is 13.5. The minimum absolute atomic E-state index is 0.0869. The Balaban J connectivity index is 1.40. The van der Waals surface area contributed by atoms with E-state index < -0.39 is 17.9 Å². The lowest BCUT2D eigenvalue weighted by atomic mass is 9.95. The molecule has 5 aromatic rings. The van der Waals surface area contributed by atoms with Gasteiger partial charge in [-0.3, -0.25) is 9.59 Å². The Bertz CT molecular complexity index is 1540. The van der Waals surface area contributed by atoms with Gasteiger partial charge in [0.15, 0.2) is 5.78 Å². The van der Waals surface area contributed by atoms with Gasteiger partial charge in [-0.1, -0.05) is 103 Å². The van der Waals surface area contributed by atoms with Crippen LogP contribution in [0.3, 0.4) is 0 Å². The molecule has 0 aliphatic rings. The maximum atomic E-state index is 13.5. The Labute approximate surface area is 208 Å². The van der Waals surface area contributed by atoms with E-state index in [1.54, 1.807) is 48.5 Å². The van der Waals surface area contributed by atoms with Crippen LogP contribution < -0.4 is 5.32 Å². The lowest BCUT2D eigenvalue weighted by molar-refractivity contribution is -0.139. The van der Waals surface area contributed by atoms with Crippen LogP contribution in [-0.4, -0.2) is 28.8 Å². The third kappa shape index (κ3) is 4.59. The molecule has 0 saturated heterocycles. The summed E-state index contributed by atoms with van der Waals surface area (Å²) in [5.74, 6) is -1.67. The fraction of sp³-hybridized carbons (Fsp3) is 0.0645. The highest BCUT2D eigenvalue weighted by molar-refractivity contribution is 6.18. The van der Waals surface area contributed by atoms with Gasteiger partial charge in [0.25, 0.3) is 5.91 Å². The number of carboxylic acids is 1. The van der Waals surface area contributed by atoms with Gasteiger partial charge in [0.1, 0.15) is 6.04 Å². The normalized spacial score (nSPS) is 11.8. The Kier molecular flexibility index (Phi) is 6.29. The van der Waals surface area contributed by atoms with E-state index in [0.717, 1.165) is 21.5 Å². The van der Waals surface area contributed by atoms with E-state index in [9.17, 15) is 19.5 Å². The van der Waals surface area contributed by atoms with E-state index in [0.29, 0.717) is 22.3 Å². The zero-order valence-corrected chi connectivity index (χ0v) is 19.3. The van der Waals surface area contributed by atoms with Gasteiger partial charge in [-0.15, -0.1) is 0 Å². The van der Waals surface area contributed by atoms with Gasteiger partial charge in [0, 0.05) is 17.5 Å². The zero-order valence-electron chi connectivity index (χ0n) is 19.3. The van der Waals surface area contributed by atoms with Gasteiger partial charge >= 0.3 is 5.97 Å². The molecule has 5 aromatic carbocycles. The zero-order chi connectivity index (χ0) is 25.1. The lowest BCUT2D eigenvalue weighted by Crippen LogP contribution is -2.42. The van der Waals surface area contributed by atoms with Gasteiger partial charge < -0.3 is 10.4 Å². The number of hydrogen-bond acceptors (Lipinski definition) is 3. The standard InChI is InChI=1S/C31H23NO4/c33-29(21-8-2-1-3-9-21)22-16-14-20(15-17-22)18-27(31(35)36)32-30(34)28-25-12-6-4-10-23(25)19-24-11-5-7-13-26(24)28/h1-17,19,27H,18H2,(H,32,34)(H,35,36)/t27-/m1/s1. The third-order valence-corrected chi connectivity index (χ3v) is 6.29. The summed E-state index contributed by atoms with van der Waals surface area (Å²) in [6.45, 7) is 0. The predicted molar refractivity (Wildman–Crippen MR) is 140 cm³/mol. The maximum Gasteiger partial charge on any atom is 0.326 e. The van der Waals surface area contributed by atoms with E-state index >= 15 is 0 Å². The van der Waals surface area contributed by atoms with Crippen LogP contribution in [0.4, 0.5) is 0 Å². The smallest absolute Gasteiger partial charge is 0.326 e. The molecule has 0 aromatic heterocycles. The lowest BCUT2D eigenvalue weighted by Gasteiger charge is -2.17. The van der Waals surface area contributed by atoms with Crippen molar-refractivity contribution in [2.24, 2.45) is 0 Å². The molecule has 176 valence electrons. The number of ketones is 1. The summed E-state index contributed by atoms with van der Waals surface area (Å²) in [6, 6.07) is 31.8. The van der Waals surface area contributed by atoms with Gasteiger partial charge in [0.05, 0.1) is 5.56 Å². The predicted octanol–water partition coefficient (Wildman–Crippen LogP) is 5.65. The summed E-state index contributed by atoms with van der Waals surface area (Å²) in [5, 5.41) is 16.0. The average Bonchev–Trinajstić information content (AvgIpc) is 2.91. The second-order valence-corrected chi connectivity index (χ2v) is 8.65. The van der Waals surface area contributed by atoms with Crippen molar-refractivity contribution in [3.63, 3.8) is 0 Å². The Hall–Kier alpha value is -4.77. The summed E-state index contributed by atoms with van der Waals surface area (Å²) >= 11 is 0. The first-order valence-electron chi connectivity index (χ1n) is 11.6. The van der Waals surface area contributed by atoms with Crippen LogP contribution in [0.15, 0.2) is 109 Å².